The number of aryl methyl sites for hydroxylation is 2. The van der Waals surface area contributed by atoms with E-state index in [2.05, 4.69) is 26.0 Å². The normalized spacial score (nSPS) is 11.1. The molecule has 2 aromatic carbocycles. The number of benzene rings is 2. The van der Waals surface area contributed by atoms with Crippen molar-refractivity contribution in [1.82, 2.24) is 20.9 Å². The summed E-state index contributed by atoms with van der Waals surface area (Å²) in [6, 6.07) is 12.8. The van der Waals surface area contributed by atoms with E-state index in [4.69, 9.17) is 14.0 Å². The Morgan fingerprint density at radius 1 is 1.12 bits per heavy atom. The third-order valence-corrected chi connectivity index (χ3v) is 4.58. The predicted octanol–water partition coefficient (Wildman–Crippen LogP) is 2.55. The first kappa shape index (κ1) is 23.5. The van der Waals surface area contributed by atoms with Crippen molar-refractivity contribution >= 4 is 17.5 Å². The first-order valence-corrected chi connectivity index (χ1v) is 10.1. The fraction of sp³-hybridized carbons (Fsp3) is 0.261. The van der Waals surface area contributed by atoms with E-state index in [0.717, 1.165) is 16.7 Å². The Morgan fingerprint density at radius 3 is 2.58 bits per heavy atom. The van der Waals surface area contributed by atoms with Gasteiger partial charge in [-0.2, -0.15) is 10.1 Å². The summed E-state index contributed by atoms with van der Waals surface area (Å²) < 4.78 is 15.8. The lowest BCUT2D eigenvalue weighted by atomic mass is 10.1. The summed E-state index contributed by atoms with van der Waals surface area (Å²) >= 11 is 0. The highest BCUT2D eigenvalue weighted by Crippen LogP contribution is 2.20. The van der Waals surface area contributed by atoms with E-state index in [1.807, 2.05) is 26.0 Å². The Kier molecular flexibility index (Phi) is 7.74. The maximum absolute atomic E-state index is 12.2. The summed E-state index contributed by atoms with van der Waals surface area (Å²) in [5, 5.41) is 10.3. The number of hydrogen-bond donors (Lipinski definition) is 2. The van der Waals surface area contributed by atoms with Crippen molar-refractivity contribution in [2.24, 2.45) is 5.10 Å². The number of nitrogens with one attached hydrogen (secondary N) is 2. The van der Waals surface area contributed by atoms with E-state index in [9.17, 15) is 9.59 Å². The molecular weight excluding hydrogens is 426 g/mol. The van der Waals surface area contributed by atoms with Crippen molar-refractivity contribution in [3.8, 4) is 22.9 Å². The van der Waals surface area contributed by atoms with Gasteiger partial charge in [0.2, 0.25) is 11.7 Å². The van der Waals surface area contributed by atoms with Crippen LogP contribution in [0.4, 0.5) is 0 Å². The molecule has 0 atom stereocenters. The molecule has 0 saturated carbocycles. The maximum Gasteiger partial charge on any atom is 0.277 e. The minimum atomic E-state index is -0.491. The minimum Gasteiger partial charge on any atom is -0.497 e. The van der Waals surface area contributed by atoms with Crippen LogP contribution in [0.3, 0.4) is 0 Å². The number of aromatic nitrogens is 2. The number of carbonyl (C=O) groups is 2. The molecule has 0 radical (unpaired) electrons. The van der Waals surface area contributed by atoms with E-state index in [1.165, 1.54) is 6.92 Å². The highest BCUT2D eigenvalue weighted by molar-refractivity contribution is 6.37. The van der Waals surface area contributed by atoms with Gasteiger partial charge in [0.25, 0.3) is 11.8 Å². The predicted molar refractivity (Wildman–Crippen MR) is 121 cm³/mol. The summed E-state index contributed by atoms with van der Waals surface area (Å²) in [7, 11) is 1.58. The van der Waals surface area contributed by atoms with Gasteiger partial charge in [-0.1, -0.05) is 22.9 Å². The fourth-order valence-electron chi connectivity index (χ4n) is 2.80. The molecule has 1 heterocycles. The zero-order valence-corrected chi connectivity index (χ0v) is 18.8. The molecule has 172 valence electrons. The molecule has 2 amide bonds. The number of amides is 2. The number of ether oxygens (including phenoxy) is 2. The molecule has 0 bridgehead atoms. The molecule has 0 saturated heterocycles. The summed E-state index contributed by atoms with van der Waals surface area (Å²) in [5.41, 5.74) is 5.14. The van der Waals surface area contributed by atoms with Gasteiger partial charge in [0.1, 0.15) is 17.2 Å². The lowest BCUT2D eigenvalue weighted by Crippen LogP contribution is -2.32. The largest absolute Gasteiger partial charge is 0.497 e. The van der Waals surface area contributed by atoms with E-state index < -0.39 is 11.8 Å². The molecule has 33 heavy (non-hydrogen) atoms. The van der Waals surface area contributed by atoms with Crippen LogP contribution in [0, 0.1) is 13.8 Å². The molecule has 10 nitrogen and oxygen atoms in total. The second-order valence-electron chi connectivity index (χ2n) is 7.21. The van der Waals surface area contributed by atoms with Crippen molar-refractivity contribution < 1.29 is 23.6 Å². The first-order chi connectivity index (χ1) is 15.9. The molecule has 2 N–H and O–H groups in total. The summed E-state index contributed by atoms with van der Waals surface area (Å²) in [6.45, 7) is 5.13. The number of hydrogen-bond acceptors (Lipinski definition) is 8. The molecule has 1 aromatic heterocycles. The Hall–Kier alpha value is -4.21. The van der Waals surface area contributed by atoms with E-state index in [1.54, 1.807) is 37.4 Å². The molecule has 0 aliphatic heterocycles. The van der Waals surface area contributed by atoms with Gasteiger partial charge in [-0.15, -0.1) is 0 Å². The minimum absolute atomic E-state index is 0.0125. The zero-order valence-electron chi connectivity index (χ0n) is 18.8. The van der Waals surface area contributed by atoms with Crippen LogP contribution in [-0.2, 0) is 16.1 Å². The summed E-state index contributed by atoms with van der Waals surface area (Å²) in [5.74, 6) is 0.977. The topological polar surface area (TPSA) is 128 Å². The van der Waals surface area contributed by atoms with Gasteiger partial charge in [-0.05, 0) is 56.7 Å². The second-order valence-corrected chi connectivity index (χ2v) is 7.21. The molecule has 3 aromatic rings. The van der Waals surface area contributed by atoms with Crippen LogP contribution in [0.25, 0.3) is 11.4 Å². The molecule has 0 aliphatic carbocycles. The highest BCUT2D eigenvalue weighted by atomic mass is 16.5. The van der Waals surface area contributed by atoms with E-state index in [-0.39, 0.29) is 24.8 Å². The number of methoxy groups -OCH3 is 1. The lowest BCUT2D eigenvalue weighted by molar-refractivity contribution is -0.123. The Bertz CT molecular complexity index is 1150. The van der Waals surface area contributed by atoms with Gasteiger partial charge in [-0.3, -0.25) is 9.59 Å². The summed E-state index contributed by atoms with van der Waals surface area (Å²) in [6.07, 6.45) is 0. The SMILES string of the molecule is COc1ccc(-c2noc(CNC(=O)/C(C)=N/NC(=O)COc3ccc(C)cc3C)n2)cc1. The van der Waals surface area contributed by atoms with Gasteiger partial charge in [0.05, 0.1) is 13.7 Å². The third-order valence-electron chi connectivity index (χ3n) is 4.58. The van der Waals surface area contributed by atoms with Crippen molar-refractivity contribution in [1.29, 1.82) is 0 Å². The Morgan fingerprint density at radius 2 is 1.88 bits per heavy atom. The van der Waals surface area contributed by atoms with Gasteiger partial charge in [0, 0.05) is 5.56 Å². The van der Waals surface area contributed by atoms with Gasteiger partial charge < -0.3 is 19.3 Å². The van der Waals surface area contributed by atoms with Crippen molar-refractivity contribution in [3.05, 3.63) is 59.5 Å². The average Bonchev–Trinajstić information content (AvgIpc) is 3.29. The van der Waals surface area contributed by atoms with Gasteiger partial charge in [0.15, 0.2) is 6.61 Å². The van der Waals surface area contributed by atoms with Crippen LogP contribution in [0.15, 0.2) is 52.1 Å². The van der Waals surface area contributed by atoms with Crippen LogP contribution >= 0.6 is 0 Å². The average molecular weight is 451 g/mol. The maximum atomic E-state index is 12.2. The van der Waals surface area contributed by atoms with E-state index in [0.29, 0.717) is 17.3 Å². The first-order valence-electron chi connectivity index (χ1n) is 10.1. The molecule has 3 rings (SSSR count). The van der Waals surface area contributed by atoms with Crippen LogP contribution in [-0.4, -0.2) is 41.4 Å². The number of hydrazone groups is 1. The van der Waals surface area contributed by atoms with Crippen LogP contribution < -0.4 is 20.2 Å². The highest BCUT2D eigenvalue weighted by Gasteiger charge is 2.12. The summed E-state index contributed by atoms with van der Waals surface area (Å²) in [4.78, 5) is 28.4. The standard InChI is InChI=1S/C23H25N5O5/c1-14-5-10-19(15(2)11-14)32-13-20(29)27-26-16(3)23(30)24-12-21-25-22(28-33-21)17-6-8-18(31-4)9-7-17/h5-11H,12-13H2,1-4H3,(H,24,30)(H,27,29)/b26-16+. The lowest BCUT2D eigenvalue weighted by Gasteiger charge is -2.09. The molecule has 10 heteroatoms. The monoisotopic (exact) mass is 451 g/mol. The number of rotatable bonds is 9. The fourth-order valence-corrected chi connectivity index (χ4v) is 2.80. The quantitative estimate of drug-likeness (QED) is 0.378. The molecule has 0 aliphatic rings. The zero-order chi connectivity index (χ0) is 23.8. The molecule has 0 unspecified atom stereocenters. The van der Waals surface area contributed by atoms with Crippen molar-refractivity contribution in [3.63, 3.8) is 0 Å². The van der Waals surface area contributed by atoms with Crippen molar-refractivity contribution in [2.75, 3.05) is 13.7 Å². The Balaban J connectivity index is 1.45. The second kappa shape index (κ2) is 10.9. The van der Waals surface area contributed by atoms with Crippen LogP contribution in [0.5, 0.6) is 11.5 Å². The smallest absolute Gasteiger partial charge is 0.277 e. The van der Waals surface area contributed by atoms with Gasteiger partial charge >= 0.3 is 0 Å². The van der Waals surface area contributed by atoms with Crippen LogP contribution in [0.2, 0.25) is 0 Å². The van der Waals surface area contributed by atoms with Crippen LogP contribution in [0.1, 0.15) is 23.9 Å². The number of carbonyl (C=O) groups excluding carboxylic acids is 2. The molecular formula is C23H25N5O5. The molecule has 0 fully saturated rings. The molecule has 0 spiro atoms. The number of nitrogens with zero attached hydrogens (tertiary/aromatic N) is 3. The van der Waals surface area contributed by atoms with Crippen molar-refractivity contribution in [2.45, 2.75) is 27.3 Å². The van der Waals surface area contributed by atoms with Gasteiger partial charge in [-0.25, -0.2) is 5.43 Å². The van der Waals surface area contributed by atoms with E-state index >= 15 is 0 Å². The Labute approximate surface area is 191 Å². The third kappa shape index (κ3) is 6.63.